The Morgan fingerprint density at radius 3 is 2.69 bits per heavy atom. The summed E-state index contributed by atoms with van der Waals surface area (Å²) in [6.07, 6.45) is -0.0216. The molecular weight excluding hydrogens is 174 g/mol. The lowest BCUT2D eigenvalue weighted by atomic mass is 10.2. The molecule has 1 amide bonds. The van der Waals surface area contributed by atoms with Gasteiger partial charge in [-0.25, -0.2) is 0 Å². The van der Waals surface area contributed by atoms with Gasteiger partial charge in [0.2, 0.25) is 17.7 Å². The quantitative estimate of drug-likeness (QED) is 0.517. The third kappa shape index (κ3) is 2.49. The first-order chi connectivity index (χ1) is 6.13. The maximum absolute atomic E-state index is 10.5. The predicted octanol–water partition coefficient (Wildman–Crippen LogP) is -1.60. The van der Waals surface area contributed by atoms with E-state index in [9.17, 15) is 4.79 Å². The molecule has 0 aliphatic rings. The fourth-order valence-corrected chi connectivity index (χ4v) is 0.803. The zero-order valence-corrected chi connectivity index (χ0v) is 6.93. The summed E-state index contributed by atoms with van der Waals surface area (Å²) in [7, 11) is 0. The van der Waals surface area contributed by atoms with Gasteiger partial charge in [-0.15, -0.1) is 10.2 Å². The van der Waals surface area contributed by atoms with Gasteiger partial charge in [0.25, 0.3) is 0 Å². The second kappa shape index (κ2) is 3.97. The van der Waals surface area contributed by atoms with Crippen LogP contribution in [0.25, 0.3) is 0 Å². The van der Waals surface area contributed by atoms with E-state index >= 15 is 0 Å². The smallest absolute Gasteiger partial charge is 0.233 e. The largest absolute Gasteiger partial charge is 0.422 e. The number of primary amides is 1. The molecule has 1 rings (SSSR count). The molecular formula is C6H11N5O2. The third-order valence-electron chi connectivity index (χ3n) is 1.40. The summed E-state index contributed by atoms with van der Waals surface area (Å²) < 4.78 is 5.02. The summed E-state index contributed by atoms with van der Waals surface area (Å²) in [6.45, 7) is 0.149. The Kier molecular flexibility index (Phi) is 2.93. The summed E-state index contributed by atoms with van der Waals surface area (Å²) in [4.78, 5) is 10.5. The maximum atomic E-state index is 10.5. The highest BCUT2D eigenvalue weighted by molar-refractivity contribution is 5.74. The lowest BCUT2D eigenvalue weighted by Gasteiger charge is -2.01. The number of nitrogens with zero attached hydrogens (tertiary/aromatic N) is 2. The molecule has 0 radical (unpaired) electrons. The number of aromatic nitrogens is 2. The van der Waals surface area contributed by atoms with Crippen molar-refractivity contribution in [3.63, 3.8) is 0 Å². The number of carbonyl (C=O) groups excluding carboxylic acids is 1. The van der Waals surface area contributed by atoms with E-state index in [1.165, 1.54) is 0 Å². The van der Waals surface area contributed by atoms with Gasteiger partial charge < -0.3 is 21.6 Å². The first-order valence-corrected chi connectivity index (χ1v) is 3.69. The van der Waals surface area contributed by atoms with Crippen molar-refractivity contribution in [3.05, 3.63) is 11.8 Å². The van der Waals surface area contributed by atoms with Crippen LogP contribution in [0, 0.1) is 0 Å². The molecule has 0 saturated carbocycles. The molecule has 0 aliphatic carbocycles. The van der Waals surface area contributed by atoms with Crippen LogP contribution < -0.4 is 17.2 Å². The molecule has 13 heavy (non-hydrogen) atoms. The molecule has 1 aromatic rings. The molecule has 1 atom stereocenters. The van der Waals surface area contributed by atoms with Crippen molar-refractivity contribution in [3.8, 4) is 0 Å². The van der Waals surface area contributed by atoms with Gasteiger partial charge in [0.05, 0.1) is 19.0 Å². The van der Waals surface area contributed by atoms with Crippen molar-refractivity contribution < 1.29 is 9.21 Å². The topological polar surface area (TPSA) is 134 Å². The Morgan fingerprint density at radius 1 is 1.54 bits per heavy atom. The summed E-state index contributed by atoms with van der Waals surface area (Å²) in [5, 5.41) is 7.20. The van der Waals surface area contributed by atoms with Gasteiger partial charge >= 0.3 is 0 Å². The predicted molar refractivity (Wildman–Crippen MR) is 42.9 cm³/mol. The number of amides is 1. The Labute approximate surface area is 74.3 Å². The van der Waals surface area contributed by atoms with Crippen LogP contribution in [0.1, 0.15) is 24.2 Å². The van der Waals surface area contributed by atoms with Gasteiger partial charge in [-0.3, -0.25) is 4.79 Å². The van der Waals surface area contributed by atoms with Crippen LogP contribution in [-0.4, -0.2) is 16.1 Å². The first kappa shape index (κ1) is 9.62. The summed E-state index contributed by atoms with van der Waals surface area (Å²) >= 11 is 0. The van der Waals surface area contributed by atoms with E-state index in [0.29, 0.717) is 0 Å². The van der Waals surface area contributed by atoms with E-state index in [2.05, 4.69) is 10.2 Å². The van der Waals surface area contributed by atoms with Crippen molar-refractivity contribution >= 4 is 5.91 Å². The Hall–Kier alpha value is -1.47. The second-order valence-corrected chi connectivity index (χ2v) is 2.52. The van der Waals surface area contributed by atoms with E-state index < -0.39 is 11.9 Å². The molecule has 0 aromatic carbocycles. The lowest BCUT2D eigenvalue weighted by molar-refractivity contribution is -0.118. The Morgan fingerprint density at radius 2 is 2.23 bits per heavy atom. The van der Waals surface area contributed by atoms with E-state index in [1.807, 2.05) is 0 Å². The highest BCUT2D eigenvalue weighted by Gasteiger charge is 2.15. The van der Waals surface area contributed by atoms with Crippen LogP contribution in [0.4, 0.5) is 0 Å². The van der Waals surface area contributed by atoms with E-state index in [0.717, 1.165) is 0 Å². The number of hydrogen-bond donors (Lipinski definition) is 3. The zero-order valence-electron chi connectivity index (χ0n) is 6.93. The molecule has 0 aliphatic heterocycles. The molecule has 1 aromatic heterocycles. The molecule has 7 nitrogen and oxygen atoms in total. The SMILES string of the molecule is NCc1nnc([C@H](N)CC(N)=O)o1. The molecule has 0 saturated heterocycles. The van der Waals surface area contributed by atoms with E-state index in [1.54, 1.807) is 0 Å². The van der Waals surface area contributed by atoms with Crippen LogP contribution >= 0.6 is 0 Å². The maximum Gasteiger partial charge on any atom is 0.233 e. The van der Waals surface area contributed by atoms with Gasteiger partial charge in [-0.1, -0.05) is 0 Å². The molecule has 7 heteroatoms. The second-order valence-electron chi connectivity index (χ2n) is 2.52. The number of hydrogen-bond acceptors (Lipinski definition) is 6. The summed E-state index contributed by atoms with van der Waals surface area (Å²) in [5.41, 5.74) is 15.7. The molecule has 0 spiro atoms. The lowest BCUT2D eigenvalue weighted by Crippen LogP contribution is -2.20. The average Bonchev–Trinajstić information content (AvgIpc) is 2.50. The first-order valence-electron chi connectivity index (χ1n) is 3.69. The number of rotatable bonds is 4. The molecule has 72 valence electrons. The van der Waals surface area contributed by atoms with Gasteiger partial charge in [-0.2, -0.15) is 0 Å². The highest BCUT2D eigenvalue weighted by atomic mass is 16.4. The van der Waals surface area contributed by atoms with Crippen LogP contribution in [0.2, 0.25) is 0 Å². The molecule has 6 N–H and O–H groups in total. The van der Waals surface area contributed by atoms with Crippen LogP contribution in [0.5, 0.6) is 0 Å². The van der Waals surface area contributed by atoms with Crippen LogP contribution in [0.15, 0.2) is 4.42 Å². The Balaban J connectivity index is 2.65. The zero-order chi connectivity index (χ0) is 9.84. The molecule has 1 heterocycles. The summed E-state index contributed by atoms with van der Waals surface area (Å²) in [5.74, 6) is -0.0471. The van der Waals surface area contributed by atoms with Gasteiger partial charge in [0.15, 0.2) is 0 Å². The fourth-order valence-electron chi connectivity index (χ4n) is 0.803. The van der Waals surface area contributed by atoms with Gasteiger partial charge in [0, 0.05) is 0 Å². The van der Waals surface area contributed by atoms with Crippen molar-refractivity contribution in [2.45, 2.75) is 19.0 Å². The summed E-state index contributed by atoms with van der Waals surface area (Å²) in [6, 6.07) is -0.648. The van der Waals surface area contributed by atoms with Gasteiger partial charge in [-0.05, 0) is 0 Å². The monoisotopic (exact) mass is 185 g/mol. The standard InChI is InChI=1S/C6H11N5O2/c7-2-5-10-11-6(13-5)3(8)1-4(9)12/h3H,1-2,7-8H2,(H2,9,12)/t3-/m1/s1. The van der Waals surface area contributed by atoms with Crippen molar-refractivity contribution in [1.82, 2.24) is 10.2 Å². The fraction of sp³-hybridized carbons (Fsp3) is 0.500. The Bertz CT molecular complexity index is 297. The van der Waals surface area contributed by atoms with Crippen molar-refractivity contribution in [2.24, 2.45) is 17.2 Å². The van der Waals surface area contributed by atoms with Gasteiger partial charge in [0.1, 0.15) is 0 Å². The van der Waals surface area contributed by atoms with Crippen molar-refractivity contribution in [2.75, 3.05) is 0 Å². The minimum absolute atomic E-state index is 0.0216. The average molecular weight is 185 g/mol. The van der Waals surface area contributed by atoms with Crippen LogP contribution in [0.3, 0.4) is 0 Å². The third-order valence-corrected chi connectivity index (χ3v) is 1.40. The van der Waals surface area contributed by atoms with Crippen LogP contribution in [-0.2, 0) is 11.3 Å². The minimum atomic E-state index is -0.648. The van der Waals surface area contributed by atoms with E-state index in [-0.39, 0.29) is 24.7 Å². The normalized spacial score (nSPS) is 12.8. The molecule has 0 bridgehead atoms. The molecule has 0 unspecified atom stereocenters. The molecule has 0 fully saturated rings. The van der Waals surface area contributed by atoms with Crippen molar-refractivity contribution in [1.29, 1.82) is 0 Å². The highest BCUT2D eigenvalue weighted by Crippen LogP contribution is 2.11. The van der Waals surface area contributed by atoms with E-state index in [4.69, 9.17) is 21.6 Å². The minimum Gasteiger partial charge on any atom is -0.422 e. The number of carbonyl (C=O) groups is 1. The number of nitrogens with two attached hydrogens (primary N) is 3.